The lowest BCUT2D eigenvalue weighted by Gasteiger charge is -2.38. The standard InChI is InChI=1S/C93H169N17O8/c1-4-7-10-13-16-19-22-25-28-31-74-103-81(111)44-50-89(51-45-82(112)104-75-32-29-26-23-20-17-14-11-8-5-2,52-46-83(113)105-76-33-30-27-24-21-18-15-12-9-6-3)109-87(117)79-40-36-77(37-41-79)34-35-78-38-42-80(43-39-78)88(118)110-90(53-47-84(114)106-91(56-65-94,57-66-95)58-67-96,54-48-85(115)107-92(59-68-97,60-69-98)61-70-99)55-49-86(116)108-93(62-71-100,63-72-101)64-73-102/h36-43H,4-33,44-76,94-102H2,1-3H3,(H,103,111)(H,104,112)(H,105,113)(H,106,114)(H,107,115)(H,108,116)(H,109,117)(H,110,118)/p+9. The molecule has 2 aromatic carbocycles. The number of amides is 8. The number of carbonyl (C=O) groups excluding carboxylic acids is 8. The molecule has 25 nitrogen and oxygen atoms in total. The second-order valence-electron chi connectivity index (χ2n) is 34.4. The number of benzene rings is 2. The Bertz CT molecular complexity index is 2810. The summed E-state index contributed by atoms with van der Waals surface area (Å²) in [5.74, 6) is 4.56. The molecule has 2 aromatic rings. The molecule has 8 amide bonds. The van der Waals surface area contributed by atoms with Gasteiger partial charge in [-0.15, -0.1) is 0 Å². The van der Waals surface area contributed by atoms with E-state index in [2.05, 4.69) is 127 Å². The van der Waals surface area contributed by atoms with Gasteiger partial charge in [0.25, 0.3) is 11.8 Å². The molecule has 0 aliphatic rings. The van der Waals surface area contributed by atoms with Gasteiger partial charge in [0.05, 0.1) is 75.5 Å². The van der Waals surface area contributed by atoms with Crippen molar-refractivity contribution in [2.45, 2.75) is 376 Å². The molecule has 0 unspecified atom stereocenters. The van der Waals surface area contributed by atoms with Crippen LogP contribution in [0.3, 0.4) is 0 Å². The van der Waals surface area contributed by atoms with Gasteiger partial charge in [-0.2, -0.15) is 0 Å². The Morgan fingerprint density at radius 3 is 0.610 bits per heavy atom. The minimum atomic E-state index is -1.24. The van der Waals surface area contributed by atoms with Crippen LogP contribution in [0.25, 0.3) is 0 Å². The molecule has 0 aliphatic heterocycles. The van der Waals surface area contributed by atoms with Crippen LogP contribution in [0.1, 0.15) is 380 Å². The molecule has 0 fully saturated rings. The van der Waals surface area contributed by atoms with Gasteiger partial charge in [0.15, 0.2) is 0 Å². The average molecular weight is 1660 g/mol. The summed E-state index contributed by atoms with van der Waals surface area (Å²) >= 11 is 0. The minimum Gasteiger partial charge on any atom is -0.357 e. The van der Waals surface area contributed by atoms with Crippen molar-refractivity contribution in [3.05, 3.63) is 70.8 Å². The minimum absolute atomic E-state index is 0.0144. The molecule has 2 rings (SSSR count). The van der Waals surface area contributed by atoms with Crippen LogP contribution in [0.15, 0.2) is 48.5 Å². The molecule has 0 radical (unpaired) electrons. The molecule has 0 aromatic heterocycles. The zero-order valence-electron chi connectivity index (χ0n) is 75.3. The maximum Gasteiger partial charge on any atom is 0.251 e. The van der Waals surface area contributed by atoms with Crippen molar-refractivity contribution < 1.29 is 90.0 Å². The summed E-state index contributed by atoms with van der Waals surface area (Å²) in [6.45, 7) is 13.8. The average Bonchev–Trinajstić information content (AvgIpc) is 0.819. The molecular weight excluding hydrogens is 1480 g/mol. The van der Waals surface area contributed by atoms with E-state index < -0.39 is 39.5 Å². The lowest BCUT2D eigenvalue weighted by atomic mass is 9.81. The van der Waals surface area contributed by atoms with Crippen molar-refractivity contribution in [2.24, 2.45) is 0 Å². The Morgan fingerprint density at radius 1 is 0.237 bits per heavy atom. The van der Waals surface area contributed by atoms with Crippen LogP contribution in [0.4, 0.5) is 0 Å². The van der Waals surface area contributed by atoms with Gasteiger partial charge < -0.3 is 94.1 Å². The fraction of sp³-hybridized carbons (Fsp3) is 0.763. The highest BCUT2D eigenvalue weighted by molar-refractivity contribution is 5.96. The van der Waals surface area contributed by atoms with Crippen molar-refractivity contribution in [1.29, 1.82) is 0 Å². The first-order valence-corrected chi connectivity index (χ1v) is 47.4. The summed E-state index contributed by atoms with van der Waals surface area (Å²) in [7, 11) is 0. The first kappa shape index (κ1) is 107. The zero-order valence-corrected chi connectivity index (χ0v) is 75.3. The number of hydrogen-bond acceptors (Lipinski definition) is 8. The summed E-state index contributed by atoms with van der Waals surface area (Å²) in [6.07, 6.45) is 42.7. The third-order valence-corrected chi connectivity index (χ3v) is 24.1. The van der Waals surface area contributed by atoms with Crippen LogP contribution in [0.5, 0.6) is 0 Å². The van der Waals surface area contributed by atoms with Gasteiger partial charge in [-0.1, -0.05) is 206 Å². The Balaban J connectivity index is 2.65. The van der Waals surface area contributed by atoms with Gasteiger partial charge in [0, 0.05) is 149 Å². The van der Waals surface area contributed by atoms with Gasteiger partial charge in [0.2, 0.25) is 35.4 Å². The predicted octanol–water partition coefficient (Wildman–Crippen LogP) is 5.07. The summed E-state index contributed by atoms with van der Waals surface area (Å²) in [5.41, 5.74) is 35.0. The number of quaternary nitrogens is 9. The molecule has 0 saturated carbocycles. The zero-order chi connectivity index (χ0) is 86.7. The molecule has 674 valence electrons. The van der Waals surface area contributed by atoms with E-state index in [0.29, 0.717) is 159 Å². The molecule has 25 heteroatoms. The highest BCUT2D eigenvalue weighted by Gasteiger charge is 2.40. The Morgan fingerprint density at radius 2 is 0.415 bits per heavy atom. The monoisotopic (exact) mass is 1660 g/mol. The highest BCUT2D eigenvalue weighted by atomic mass is 16.2. The molecule has 0 saturated heterocycles. The van der Waals surface area contributed by atoms with Crippen LogP contribution in [0, 0.1) is 11.8 Å². The van der Waals surface area contributed by atoms with E-state index in [0.717, 1.165) is 57.8 Å². The molecule has 0 spiro atoms. The highest BCUT2D eigenvalue weighted by Crippen LogP contribution is 2.32. The van der Waals surface area contributed by atoms with E-state index in [1.807, 2.05) is 0 Å². The summed E-state index contributed by atoms with van der Waals surface area (Å²) in [6, 6.07) is 13.8. The molecule has 118 heavy (non-hydrogen) atoms. The molecular formula is C93H178N17O8+9. The predicted molar refractivity (Wildman–Crippen MR) is 473 cm³/mol. The number of nitrogens with one attached hydrogen (secondary N) is 8. The summed E-state index contributed by atoms with van der Waals surface area (Å²) < 4.78 is 0. The van der Waals surface area contributed by atoms with Crippen molar-refractivity contribution >= 4 is 47.3 Å². The lowest BCUT2D eigenvalue weighted by molar-refractivity contribution is -0.388. The normalized spacial score (nSPS) is 11.9. The van der Waals surface area contributed by atoms with Gasteiger partial charge >= 0.3 is 0 Å². The Labute approximate surface area is 713 Å². The Hall–Kier alpha value is -6.60. The lowest BCUT2D eigenvalue weighted by Crippen LogP contribution is -2.64. The van der Waals surface area contributed by atoms with E-state index in [4.69, 9.17) is 0 Å². The number of hydrogen-bond donors (Lipinski definition) is 17. The van der Waals surface area contributed by atoms with Crippen LogP contribution < -0.4 is 94.1 Å². The third-order valence-electron chi connectivity index (χ3n) is 24.1. The van der Waals surface area contributed by atoms with Gasteiger partial charge in [-0.05, 0) is 106 Å². The maximum atomic E-state index is 15.0. The SMILES string of the molecule is CCCCCCCCCCCCNC(=O)CCC(CCC(=O)NCCCCCCCCCCCC)(CCC(=O)NCCCCCCCCCCCC)NC(=O)c1ccc(C#Cc2ccc(C(=O)NC(CCC(=O)NC(CC[NH3+])(CC[NH3+])CC[NH3+])(CCC(=O)NC(CC[NH3+])(CC[NH3+])CC[NH3+])CCC(=O)NC(CC[NH3+])(CC[NH3+])CC[NH3+])cc2)cc1. The van der Waals surface area contributed by atoms with Crippen molar-refractivity contribution in [1.82, 2.24) is 42.5 Å². The van der Waals surface area contributed by atoms with E-state index in [-0.39, 0.29) is 112 Å². The van der Waals surface area contributed by atoms with Crippen molar-refractivity contribution in [2.75, 3.05) is 78.5 Å². The number of rotatable bonds is 76. The van der Waals surface area contributed by atoms with Crippen LogP contribution >= 0.6 is 0 Å². The summed E-state index contributed by atoms with van der Waals surface area (Å²) in [4.78, 5) is 115. The van der Waals surface area contributed by atoms with Gasteiger partial charge in [-0.25, -0.2) is 0 Å². The van der Waals surface area contributed by atoms with Gasteiger partial charge in [0.1, 0.15) is 0 Å². The Kier molecular flexibility index (Phi) is 61.0. The topological polar surface area (TPSA) is 482 Å². The van der Waals surface area contributed by atoms with Crippen LogP contribution in [0.2, 0.25) is 0 Å². The molecule has 0 atom stereocenters. The smallest absolute Gasteiger partial charge is 0.251 e. The maximum absolute atomic E-state index is 15.0. The second kappa shape index (κ2) is 67.0. The van der Waals surface area contributed by atoms with Crippen molar-refractivity contribution in [3.63, 3.8) is 0 Å². The van der Waals surface area contributed by atoms with Crippen molar-refractivity contribution in [3.8, 4) is 11.8 Å². The quantitative estimate of drug-likeness (QED) is 0.0312. The van der Waals surface area contributed by atoms with E-state index in [9.17, 15) is 33.6 Å². The first-order chi connectivity index (χ1) is 57.1. The van der Waals surface area contributed by atoms with E-state index in [1.54, 1.807) is 48.5 Å². The molecule has 0 heterocycles. The molecule has 35 N–H and O–H groups in total. The van der Waals surface area contributed by atoms with E-state index >= 15 is 4.79 Å². The van der Waals surface area contributed by atoms with Crippen LogP contribution in [-0.2, 0) is 28.8 Å². The molecule has 0 aliphatic carbocycles. The second-order valence-corrected chi connectivity index (χ2v) is 34.4. The molecule has 0 bridgehead atoms. The number of unbranched alkanes of at least 4 members (excludes halogenated alkanes) is 27. The largest absolute Gasteiger partial charge is 0.357 e. The summed E-state index contributed by atoms with van der Waals surface area (Å²) in [5, 5.41) is 26.1. The first-order valence-electron chi connectivity index (χ1n) is 47.4. The fourth-order valence-corrected chi connectivity index (χ4v) is 17.0. The third kappa shape index (κ3) is 48.7. The van der Waals surface area contributed by atoms with E-state index in [1.165, 1.54) is 135 Å². The fourth-order valence-electron chi connectivity index (χ4n) is 17.0. The van der Waals surface area contributed by atoms with Gasteiger partial charge in [-0.3, -0.25) is 38.4 Å². The number of carbonyl (C=O) groups is 8. The van der Waals surface area contributed by atoms with Crippen LogP contribution in [-0.4, -0.2) is 153 Å².